The zero-order valence-corrected chi connectivity index (χ0v) is 13.9. The Morgan fingerprint density at radius 3 is 2.87 bits per heavy atom. The van der Waals surface area contributed by atoms with Crippen molar-refractivity contribution in [1.29, 1.82) is 0 Å². The van der Waals surface area contributed by atoms with Crippen molar-refractivity contribution in [2.75, 3.05) is 18.1 Å². The molecule has 0 spiro atoms. The van der Waals surface area contributed by atoms with E-state index in [0.717, 1.165) is 11.8 Å². The molecule has 2 atom stereocenters. The molecular weight excluding hydrogens is 322 g/mol. The van der Waals surface area contributed by atoms with Crippen LogP contribution in [0, 0.1) is 11.6 Å². The van der Waals surface area contributed by atoms with Gasteiger partial charge in [0, 0.05) is 18.3 Å². The van der Waals surface area contributed by atoms with Gasteiger partial charge in [0.15, 0.2) is 11.6 Å². The monoisotopic (exact) mass is 344 g/mol. The van der Waals surface area contributed by atoms with E-state index in [1.54, 1.807) is 17.8 Å². The number of thioether (sulfide) groups is 1. The third-order valence-electron chi connectivity index (χ3n) is 3.89. The van der Waals surface area contributed by atoms with E-state index >= 15 is 0 Å². The van der Waals surface area contributed by atoms with Crippen LogP contribution in [0.2, 0.25) is 0 Å². The Kier molecular flexibility index (Phi) is 6.24. The van der Waals surface area contributed by atoms with Crippen molar-refractivity contribution in [2.24, 2.45) is 0 Å². The maximum atomic E-state index is 13.1. The van der Waals surface area contributed by atoms with Crippen LogP contribution in [-0.4, -0.2) is 40.8 Å². The van der Waals surface area contributed by atoms with Gasteiger partial charge < -0.3 is 15.7 Å². The van der Waals surface area contributed by atoms with E-state index in [0.29, 0.717) is 30.6 Å². The third kappa shape index (κ3) is 5.66. The first-order chi connectivity index (χ1) is 10.9. The first kappa shape index (κ1) is 18.0. The number of amides is 2. The second-order valence-corrected chi connectivity index (χ2v) is 7.15. The predicted octanol–water partition coefficient (Wildman–Crippen LogP) is 2.45. The summed E-state index contributed by atoms with van der Waals surface area (Å²) in [5, 5.41) is 15.6. The van der Waals surface area contributed by atoms with Gasteiger partial charge in [-0.05, 0) is 49.6 Å². The molecule has 2 unspecified atom stereocenters. The number of urea groups is 1. The van der Waals surface area contributed by atoms with Gasteiger partial charge in [-0.15, -0.1) is 0 Å². The fourth-order valence-electron chi connectivity index (χ4n) is 2.41. The molecule has 4 nitrogen and oxygen atoms in total. The number of benzene rings is 1. The number of aryl methyl sites for hydroxylation is 1. The van der Waals surface area contributed by atoms with Crippen molar-refractivity contribution >= 4 is 17.8 Å². The van der Waals surface area contributed by atoms with Crippen LogP contribution in [0.25, 0.3) is 0 Å². The molecule has 0 aliphatic carbocycles. The Balaban J connectivity index is 1.70. The third-order valence-corrected chi connectivity index (χ3v) is 5.12. The van der Waals surface area contributed by atoms with E-state index in [9.17, 15) is 18.7 Å². The number of halogens is 2. The number of hydrogen-bond acceptors (Lipinski definition) is 3. The van der Waals surface area contributed by atoms with E-state index in [-0.39, 0.29) is 18.6 Å². The highest BCUT2D eigenvalue weighted by atomic mass is 32.2. The quantitative estimate of drug-likeness (QED) is 0.743. The van der Waals surface area contributed by atoms with Gasteiger partial charge in [-0.25, -0.2) is 13.6 Å². The van der Waals surface area contributed by atoms with Gasteiger partial charge in [0.25, 0.3) is 0 Å². The molecule has 128 valence electrons. The molecule has 1 aromatic rings. The standard InChI is InChI=1S/C16H22F2N2O2S/c1-11(2-3-12-4-5-13(17)14(18)8-12)20-15(21)19-9-16(22)6-7-23-10-16/h4-5,8,11,22H,2-3,6-7,9-10H2,1H3,(H2,19,20,21). The molecule has 3 N–H and O–H groups in total. The molecule has 7 heteroatoms. The van der Waals surface area contributed by atoms with Crippen molar-refractivity contribution in [3.63, 3.8) is 0 Å². The lowest BCUT2D eigenvalue weighted by atomic mass is 10.0. The van der Waals surface area contributed by atoms with Crippen LogP contribution in [0.1, 0.15) is 25.3 Å². The van der Waals surface area contributed by atoms with Gasteiger partial charge in [-0.1, -0.05) is 6.07 Å². The minimum absolute atomic E-state index is 0.115. The largest absolute Gasteiger partial charge is 0.387 e. The van der Waals surface area contributed by atoms with Gasteiger partial charge in [0.05, 0.1) is 5.60 Å². The molecule has 1 aliphatic rings. The molecule has 23 heavy (non-hydrogen) atoms. The predicted molar refractivity (Wildman–Crippen MR) is 87.6 cm³/mol. The van der Waals surface area contributed by atoms with Crippen LogP contribution in [-0.2, 0) is 6.42 Å². The maximum Gasteiger partial charge on any atom is 0.315 e. The molecule has 2 amide bonds. The highest BCUT2D eigenvalue weighted by molar-refractivity contribution is 7.99. The SMILES string of the molecule is CC(CCc1ccc(F)c(F)c1)NC(=O)NCC1(O)CCSC1. The summed E-state index contributed by atoms with van der Waals surface area (Å²) in [5.74, 6) is -0.172. The average Bonchev–Trinajstić information content (AvgIpc) is 2.94. The highest BCUT2D eigenvalue weighted by Gasteiger charge is 2.31. The highest BCUT2D eigenvalue weighted by Crippen LogP contribution is 2.26. The molecule has 0 radical (unpaired) electrons. The van der Waals surface area contributed by atoms with Gasteiger partial charge in [-0.2, -0.15) is 11.8 Å². The van der Waals surface area contributed by atoms with Gasteiger partial charge in [-0.3, -0.25) is 0 Å². The Labute approximate surface area is 139 Å². The molecule has 1 aromatic carbocycles. The molecule has 0 aromatic heterocycles. The number of rotatable bonds is 6. The van der Waals surface area contributed by atoms with E-state index in [1.165, 1.54) is 6.07 Å². The van der Waals surface area contributed by atoms with Crippen molar-refractivity contribution in [3.05, 3.63) is 35.4 Å². The molecule has 1 saturated heterocycles. The average molecular weight is 344 g/mol. The lowest BCUT2D eigenvalue weighted by Gasteiger charge is -2.22. The summed E-state index contributed by atoms with van der Waals surface area (Å²) >= 11 is 1.68. The molecule has 1 fully saturated rings. The second kappa shape index (κ2) is 7.97. The lowest BCUT2D eigenvalue weighted by Crippen LogP contribution is -2.48. The number of hydrogen-bond donors (Lipinski definition) is 3. The molecule has 1 heterocycles. The molecule has 2 rings (SSSR count). The summed E-state index contributed by atoms with van der Waals surface area (Å²) in [6, 6.07) is 3.38. The van der Waals surface area contributed by atoms with Crippen molar-refractivity contribution in [1.82, 2.24) is 10.6 Å². The minimum Gasteiger partial charge on any atom is -0.387 e. The number of carbonyl (C=O) groups excluding carboxylic acids is 1. The number of aliphatic hydroxyl groups is 1. The maximum absolute atomic E-state index is 13.1. The van der Waals surface area contributed by atoms with Crippen LogP contribution in [0.3, 0.4) is 0 Å². The van der Waals surface area contributed by atoms with Crippen LogP contribution in [0.4, 0.5) is 13.6 Å². The van der Waals surface area contributed by atoms with Crippen molar-refractivity contribution in [2.45, 2.75) is 37.8 Å². The first-order valence-corrected chi connectivity index (χ1v) is 8.82. The first-order valence-electron chi connectivity index (χ1n) is 7.66. The van der Waals surface area contributed by atoms with Crippen LogP contribution < -0.4 is 10.6 Å². The van der Waals surface area contributed by atoms with Crippen LogP contribution >= 0.6 is 11.8 Å². The van der Waals surface area contributed by atoms with Crippen molar-refractivity contribution in [3.8, 4) is 0 Å². The zero-order valence-electron chi connectivity index (χ0n) is 13.1. The van der Waals surface area contributed by atoms with Crippen LogP contribution in [0.15, 0.2) is 18.2 Å². The van der Waals surface area contributed by atoms with Crippen molar-refractivity contribution < 1.29 is 18.7 Å². The van der Waals surface area contributed by atoms with Gasteiger partial charge >= 0.3 is 6.03 Å². The molecule has 1 aliphatic heterocycles. The summed E-state index contributed by atoms with van der Waals surface area (Å²) in [6.45, 7) is 2.08. The Morgan fingerprint density at radius 1 is 1.43 bits per heavy atom. The Morgan fingerprint density at radius 2 is 2.22 bits per heavy atom. The summed E-state index contributed by atoms with van der Waals surface area (Å²) in [7, 11) is 0. The normalized spacial score (nSPS) is 21.9. The molecular formula is C16H22F2N2O2S. The van der Waals surface area contributed by atoms with E-state index < -0.39 is 17.2 Å². The van der Waals surface area contributed by atoms with E-state index in [4.69, 9.17) is 0 Å². The lowest BCUT2D eigenvalue weighted by molar-refractivity contribution is 0.0699. The topological polar surface area (TPSA) is 61.4 Å². The smallest absolute Gasteiger partial charge is 0.315 e. The second-order valence-electron chi connectivity index (χ2n) is 6.04. The van der Waals surface area contributed by atoms with Gasteiger partial charge in [0.2, 0.25) is 0 Å². The number of nitrogens with one attached hydrogen (secondary N) is 2. The molecule has 0 saturated carbocycles. The summed E-state index contributed by atoms with van der Waals surface area (Å²) in [5.41, 5.74) is -0.119. The summed E-state index contributed by atoms with van der Waals surface area (Å²) in [6.07, 6.45) is 1.83. The Hall–Kier alpha value is -1.34. The number of carbonyl (C=O) groups is 1. The van der Waals surface area contributed by atoms with E-state index in [1.807, 2.05) is 6.92 Å². The van der Waals surface area contributed by atoms with Crippen LogP contribution in [0.5, 0.6) is 0 Å². The molecule has 0 bridgehead atoms. The fourth-order valence-corrected chi connectivity index (χ4v) is 3.70. The summed E-state index contributed by atoms with van der Waals surface area (Å²) < 4.78 is 26.0. The minimum atomic E-state index is -0.859. The van der Waals surface area contributed by atoms with Gasteiger partial charge in [0.1, 0.15) is 0 Å². The van der Waals surface area contributed by atoms with E-state index in [2.05, 4.69) is 10.6 Å². The summed E-state index contributed by atoms with van der Waals surface area (Å²) in [4.78, 5) is 11.8. The zero-order chi connectivity index (χ0) is 16.9. The Bertz CT molecular complexity index is 551. The fraction of sp³-hybridized carbons (Fsp3) is 0.562.